The molecule has 0 radical (unpaired) electrons. The summed E-state index contributed by atoms with van der Waals surface area (Å²) in [5, 5.41) is 0. The second-order valence-electron chi connectivity index (χ2n) is 7.52. The van der Waals surface area contributed by atoms with Crippen molar-refractivity contribution in [3.63, 3.8) is 0 Å². The second kappa shape index (κ2) is 8.52. The molecule has 2 aromatic carbocycles. The van der Waals surface area contributed by atoms with Gasteiger partial charge in [0.25, 0.3) is 5.91 Å². The van der Waals surface area contributed by atoms with Gasteiger partial charge in [-0.2, -0.15) is 0 Å². The fourth-order valence-corrected chi connectivity index (χ4v) is 3.81. The molecular weight excluding hydrogens is 354 g/mol. The monoisotopic (exact) mass is 382 g/mol. The highest BCUT2D eigenvalue weighted by Gasteiger charge is 2.27. The maximum atomic E-state index is 12.7. The summed E-state index contributed by atoms with van der Waals surface area (Å²) in [5.41, 5.74) is 1.26. The average Bonchev–Trinajstić information content (AvgIpc) is 2.75. The summed E-state index contributed by atoms with van der Waals surface area (Å²) in [7, 11) is 1.85. The van der Waals surface area contributed by atoms with Crippen LogP contribution in [0.2, 0.25) is 0 Å². The van der Waals surface area contributed by atoms with Crippen molar-refractivity contribution >= 4 is 11.6 Å². The van der Waals surface area contributed by atoms with E-state index in [-0.39, 0.29) is 12.0 Å². The molecule has 0 aliphatic carbocycles. The molecule has 0 saturated carbocycles. The van der Waals surface area contributed by atoms with Crippen molar-refractivity contribution in [1.82, 2.24) is 4.90 Å². The SMILES string of the molecule is CN(C[C@@H]1COc2ccccc2O1)C(=O)C[NH+]1CCN(c2ccccc2)CC1. The zero-order valence-corrected chi connectivity index (χ0v) is 16.3. The largest absolute Gasteiger partial charge is 0.486 e. The van der Waals surface area contributed by atoms with E-state index in [4.69, 9.17) is 9.47 Å². The lowest BCUT2D eigenvalue weighted by Crippen LogP contribution is -3.15. The van der Waals surface area contributed by atoms with Crippen molar-refractivity contribution in [3.8, 4) is 11.5 Å². The van der Waals surface area contributed by atoms with Crippen LogP contribution in [0.25, 0.3) is 0 Å². The molecule has 28 heavy (non-hydrogen) atoms. The van der Waals surface area contributed by atoms with Gasteiger partial charge >= 0.3 is 0 Å². The minimum atomic E-state index is -0.131. The molecule has 2 heterocycles. The Morgan fingerprint density at radius 1 is 1.07 bits per heavy atom. The topological polar surface area (TPSA) is 46.5 Å². The average molecular weight is 382 g/mol. The van der Waals surface area contributed by atoms with Crippen LogP contribution in [0.1, 0.15) is 0 Å². The number of nitrogens with zero attached hydrogens (tertiary/aromatic N) is 2. The quantitative estimate of drug-likeness (QED) is 0.827. The minimum absolute atomic E-state index is 0.131. The first-order chi connectivity index (χ1) is 13.7. The van der Waals surface area contributed by atoms with E-state index in [9.17, 15) is 4.79 Å². The Morgan fingerprint density at radius 3 is 2.50 bits per heavy atom. The molecule has 0 bridgehead atoms. The Balaban J connectivity index is 1.23. The number of ether oxygens (including phenoxy) is 2. The fourth-order valence-electron chi connectivity index (χ4n) is 3.81. The number of hydrogen-bond acceptors (Lipinski definition) is 4. The van der Waals surface area contributed by atoms with Crippen LogP contribution in [-0.2, 0) is 4.79 Å². The molecule has 6 nitrogen and oxygen atoms in total. The standard InChI is InChI=1S/C22H27N3O3/c1-23(15-19-17-27-20-9-5-6-10-21(20)28-19)22(26)16-24-11-13-25(14-12-24)18-7-3-2-4-8-18/h2-10,19H,11-17H2,1H3/p+1/t19-/m1/s1. The summed E-state index contributed by atoms with van der Waals surface area (Å²) in [6, 6.07) is 18.1. The number of likely N-dealkylation sites (N-methyl/N-ethyl adjacent to an activating group) is 1. The van der Waals surface area contributed by atoms with Gasteiger partial charge in [-0.15, -0.1) is 0 Å². The molecule has 6 heteroatoms. The molecule has 2 aliphatic heterocycles. The molecular formula is C22H28N3O3+. The van der Waals surface area contributed by atoms with Crippen molar-refractivity contribution in [3.05, 3.63) is 54.6 Å². The van der Waals surface area contributed by atoms with Crippen molar-refractivity contribution in [2.24, 2.45) is 0 Å². The summed E-state index contributed by atoms with van der Waals surface area (Å²) < 4.78 is 11.7. The zero-order valence-electron chi connectivity index (χ0n) is 16.3. The lowest BCUT2D eigenvalue weighted by Gasteiger charge is -2.34. The molecule has 148 valence electrons. The summed E-state index contributed by atoms with van der Waals surface area (Å²) in [4.78, 5) is 18.2. The van der Waals surface area contributed by atoms with E-state index in [0.717, 1.165) is 37.7 Å². The Morgan fingerprint density at radius 2 is 1.75 bits per heavy atom. The highest BCUT2D eigenvalue weighted by Crippen LogP contribution is 2.30. The Labute approximate surface area is 166 Å². The highest BCUT2D eigenvalue weighted by molar-refractivity contribution is 5.76. The summed E-state index contributed by atoms with van der Waals surface area (Å²) in [6.45, 7) is 5.45. The first-order valence-corrected chi connectivity index (χ1v) is 9.95. The number of hydrogen-bond donors (Lipinski definition) is 1. The molecule has 1 saturated heterocycles. The molecule has 2 aromatic rings. The van der Waals surface area contributed by atoms with Crippen molar-refractivity contribution < 1.29 is 19.2 Å². The molecule has 1 fully saturated rings. The van der Waals surface area contributed by atoms with Gasteiger partial charge in [-0.05, 0) is 24.3 Å². The van der Waals surface area contributed by atoms with E-state index in [1.165, 1.54) is 10.6 Å². The van der Waals surface area contributed by atoms with Gasteiger partial charge in [0, 0.05) is 12.7 Å². The molecule has 0 aromatic heterocycles. The van der Waals surface area contributed by atoms with Gasteiger partial charge < -0.3 is 24.2 Å². The van der Waals surface area contributed by atoms with Gasteiger partial charge in [0.05, 0.1) is 32.7 Å². The lowest BCUT2D eigenvalue weighted by atomic mass is 10.2. The van der Waals surface area contributed by atoms with E-state index in [1.54, 1.807) is 4.90 Å². The molecule has 2 aliphatic rings. The summed E-state index contributed by atoms with van der Waals surface area (Å²) in [5.74, 6) is 1.68. The van der Waals surface area contributed by atoms with Gasteiger partial charge in [0.2, 0.25) is 0 Å². The second-order valence-corrected chi connectivity index (χ2v) is 7.52. The predicted molar refractivity (Wildman–Crippen MR) is 108 cm³/mol. The third-order valence-corrected chi connectivity index (χ3v) is 5.46. The van der Waals surface area contributed by atoms with Gasteiger partial charge in [-0.3, -0.25) is 4.79 Å². The number of nitrogens with one attached hydrogen (secondary N) is 1. The normalized spacial score (nSPS) is 19.3. The number of anilines is 1. The number of rotatable bonds is 5. The highest BCUT2D eigenvalue weighted by atomic mass is 16.6. The lowest BCUT2D eigenvalue weighted by molar-refractivity contribution is -0.892. The van der Waals surface area contributed by atoms with Crippen LogP contribution in [0.3, 0.4) is 0 Å². The van der Waals surface area contributed by atoms with Crippen molar-refractivity contribution in [1.29, 1.82) is 0 Å². The maximum absolute atomic E-state index is 12.7. The zero-order chi connectivity index (χ0) is 19.3. The molecule has 1 N–H and O–H groups in total. The molecule has 0 unspecified atom stereocenters. The van der Waals surface area contributed by atoms with Crippen LogP contribution in [-0.4, -0.2) is 69.8 Å². The fraction of sp³-hybridized carbons (Fsp3) is 0.409. The first-order valence-electron chi connectivity index (χ1n) is 9.95. The number of carbonyl (C=O) groups excluding carboxylic acids is 1. The van der Waals surface area contributed by atoms with Gasteiger partial charge in [0.15, 0.2) is 24.1 Å². The Bertz CT molecular complexity index is 791. The van der Waals surface area contributed by atoms with Crippen LogP contribution < -0.4 is 19.3 Å². The van der Waals surface area contributed by atoms with Gasteiger partial charge in [-0.1, -0.05) is 30.3 Å². The van der Waals surface area contributed by atoms with Crippen molar-refractivity contribution in [2.75, 3.05) is 57.8 Å². The molecule has 1 atom stereocenters. The van der Waals surface area contributed by atoms with Crippen LogP contribution in [0.5, 0.6) is 11.5 Å². The van der Waals surface area contributed by atoms with E-state index in [0.29, 0.717) is 19.7 Å². The molecule has 0 spiro atoms. The van der Waals surface area contributed by atoms with Crippen LogP contribution in [0.4, 0.5) is 5.69 Å². The Hall–Kier alpha value is -2.73. The number of benzene rings is 2. The van der Waals surface area contributed by atoms with Crippen LogP contribution >= 0.6 is 0 Å². The van der Waals surface area contributed by atoms with Crippen molar-refractivity contribution in [2.45, 2.75) is 6.10 Å². The van der Waals surface area contributed by atoms with Crippen LogP contribution in [0, 0.1) is 0 Å². The number of fused-ring (bicyclic) bond motifs is 1. The van der Waals surface area contributed by atoms with Gasteiger partial charge in [0.1, 0.15) is 6.61 Å². The third kappa shape index (κ3) is 4.39. The first kappa shape index (κ1) is 18.6. The smallest absolute Gasteiger partial charge is 0.277 e. The Kier molecular flexibility index (Phi) is 5.67. The van der Waals surface area contributed by atoms with E-state index in [1.807, 2.05) is 37.4 Å². The predicted octanol–water partition coefficient (Wildman–Crippen LogP) is 0.690. The molecule has 1 amide bonds. The third-order valence-electron chi connectivity index (χ3n) is 5.46. The van der Waals surface area contributed by atoms with Crippen LogP contribution in [0.15, 0.2) is 54.6 Å². The number of piperazine rings is 1. The van der Waals surface area contributed by atoms with E-state index < -0.39 is 0 Å². The van der Waals surface area contributed by atoms with Gasteiger partial charge in [-0.25, -0.2) is 0 Å². The maximum Gasteiger partial charge on any atom is 0.277 e. The van der Waals surface area contributed by atoms with E-state index >= 15 is 0 Å². The molecule has 4 rings (SSSR count). The number of quaternary nitrogens is 1. The summed E-state index contributed by atoms with van der Waals surface area (Å²) in [6.07, 6.45) is -0.131. The summed E-state index contributed by atoms with van der Waals surface area (Å²) >= 11 is 0. The number of amides is 1. The van der Waals surface area contributed by atoms with E-state index in [2.05, 4.69) is 29.2 Å². The number of para-hydroxylation sites is 3. The number of carbonyl (C=O) groups is 1. The minimum Gasteiger partial charge on any atom is -0.486 e.